The van der Waals surface area contributed by atoms with Crippen LogP contribution < -0.4 is 15.4 Å². The van der Waals surface area contributed by atoms with Gasteiger partial charge in [0.05, 0.1) is 18.4 Å². The van der Waals surface area contributed by atoms with Gasteiger partial charge < -0.3 is 15.4 Å². The van der Waals surface area contributed by atoms with Gasteiger partial charge >= 0.3 is 12.2 Å². The fourth-order valence-electron chi connectivity index (χ4n) is 4.55. The molecule has 2 N–H and O–H groups in total. The Balaban J connectivity index is 1.48. The molecule has 0 saturated carbocycles. The van der Waals surface area contributed by atoms with Crippen molar-refractivity contribution in [2.75, 3.05) is 12.4 Å². The number of hydrogen-bond acceptors (Lipinski definition) is 3. The molecule has 1 atom stereocenters. The van der Waals surface area contributed by atoms with E-state index in [1.54, 1.807) is 24.3 Å². The van der Waals surface area contributed by atoms with E-state index in [9.17, 15) is 26.7 Å². The molecule has 2 amide bonds. The molecule has 0 saturated heterocycles. The van der Waals surface area contributed by atoms with Crippen molar-refractivity contribution >= 4 is 22.6 Å². The molecule has 1 unspecified atom stereocenters. The maximum Gasteiger partial charge on any atom is 0.418 e. The van der Waals surface area contributed by atoms with E-state index in [2.05, 4.69) is 15.7 Å². The Bertz CT molecular complexity index is 1750. The van der Waals surface area contributed by atoms with Crippen molar-refractivity contribution in [2.24, 2.45) is 0 Å². The number of urea groups is 1. The van der Waals surface area contributed by atoms with Crippen molar-refractivity contribution in [3.63, 3.8) is 0 Å². The quantitative estimate of drug-likeness (QED) is 0.192. The monoisotopic (exact) mass is 584 g/mol. The first-order valence-electron chi connectivity index (χ1n) is 12.5. The van der Waals surface area contributed by atoms with E-state index in [4.69, 9.17) is 4.74 Å². The summed E-state index contributed by atoms with van der Waals surface area (Å²) < 4.78 is 91.4. The Morgan fingerprint density at radius 3 is 2.38 bits per heavy atom. The molecule has 5 aromatic rings. The van der Waals surface area contributed by atoms with Gasteiger partial charge in [-0.05, 0) is 30.3 Å². The third kappa shape index (κ3) is 5.60. The number of amides is 2. The minimum atomic E-state index is -4.81. The third-order valence-electron chi connectivity index (χ3n) is 6.53. The van der Waals surface area contributed by atoms with Gasteiger partial charge in [0, 0.05) is 34.3 Å². The highest BCUT2D eigenvalue weighted by Crippen LogP contribution is 2.40. The number of benzene rings is 4. The average molecular weight is 585 g/mol. The van der Waals surface area contributed by atoms with Gasteiger partial charge in [0.1, 0.15) is 11.3 Å². The minimum Gasteiger partial charge on any atom is -0.496 e. The number of anilines is 1. The molecule has 6 nitrogen and oxygen atoms in total. The third-order valence-corrected chi connectivity index (χ3v) is 6.53. The van der Waals surface area contributed by atoms with Crippen LogP contribution in [0, 0.1) is 11.6 Å². The number of halogens is 6. The van der Waals surface area contributed by atoms with Crippen LogP contribution in [0.15, 0.2) is 84.9 Å². The highest BCUT2D eigenvalue weighted by Gasteiger charge is 2.35. The first-order chi connectivity index (χ1) is 20.1. The number of ether oxygens (including phenoxy) is 1. The maximum absolute atomic E-state index is 15.8. The van der Waals surface area contributed by atoms with E-state index in [0.29, 0.717) is 16.1 Å². The average Bonchev–Trinajstić information content (AvgIpc) is 3.37. The Morgan fingerprint density at radius 2 is 1.67 bits per heavy atom. The van der Waals surface area contributed by atoms with Gasteiger partial charge in [-0.3, -0.25) is 0 Å². The van der Waals surface area contributed by atoms with E-state index in [0.717, 1.165) is 35.9 Å². The summed E-state index contributed by atoms with van der Waals surface area (Å²) in [6, 6.07) is 18.6. The van der Waals surface area contributed by atoms with E-state index in [1.165, 1.54) is 37.4 Å². The number of alkyl halides is 4. The normalized spacial score (nSPS) is 12.3. The molecule has 0 fully saturated rings. The highest BCUT2D eigenvalue weighted by molar-refractivity contribution is 5.96. The lowest BCUT2D eigenvalue weighted by Crippen LogP contribution is -2.28. The predicted octanol–water partition coefficient (Wildman–Crippen LogP) is 7.85. The number of nitrogens with zero attached hydrogens (tertiary/aromatic N) is 2. The van der Waals surface area contributed by atoms with Crippen molar-refractivity contribution < 1.29 is 35.9 Å². The number of carbonyl (C=O) groups excluding carboxylic acids is 1. The van der Waals surface area contributed by atoms with Crippen molar-refractivity contribution in [3.05, 3.63) is 113 Å². The van der Waals surface area contributed by atoms with Crippen molar-refractivity contribution in [2.45, 2.75) is 19.0 Å². The lowest BCUT2D eigenvalue weighted by atomic mass is 10.0. The standard InChI is InChI=1S/C30H22F6N4O2/c1-42-24-11-3-2-6-18(24)16-37-29(41)38-19-14-12-17(13-15-19)27-21-8-4-9-22(30(34,35)36)26(21)39-40(27)28(33)20-7-5-10-23(31)25(20)32/h2-15,28H,16H2,1H3,(H2,37,38,41). The second kappa shape index (κ2) is 11.5. The molecule has 0 radical (unpaired) electrons. The summed E-state index contributed by atoms with van der Waals surface area (Å²) >= 11 is 0. The number of carbonyl (C=O) groups is 1. The summed E-state index contributed by atoms with van der Waals surface area (Å²) in [7, 11) is 1.51. The van der Waals surface area contributed by atoms with E-state index < -0.39 is 46.8 Å². The molecule has 0 spiro atoms. The van der Waals surface area contributed by atoms with Gasteiger partial charge in [-0.15, -0.1) is 0 Å². The molecule has 42 heavy (non-hydrogen) atoms. The second-order valence-electron chi connectivity index (χ2n) is 9.17. The fourth-order valence-corrected chi connectivity index (χ4v) is 4.55. The number of rotatable bonds is 7. The van der Waals surface area contributed by atoms with Crippen LogP contribution in [-0.4, -0.2) is 22.9 Å². The molecule has 0 aliphatic heterocycles. The van der Waals surface area contributed by atoms with Gasteiger partial charge in [-0.25, -0.2) is 22.6 Å². The molecule has 4 aromatic carbocycles. The summed E-state index contributed by atoms with van der Waals surface area (Å²) in [4.78, 5) is 12.5. The summed E-state index contributed by atoms with van der Waals surface area (Å²) in [5.41, 5.74) is -1.21. The lowest BCUT2D eigenvalue weighted by molar-refractivity contribution is -0.136. The second-order valence-corrected chi connectivity index (χ2v) is 9.17. The molecule has 1 aromatic heterocycles. The van der Waals surface area contributed by atoms with E-state index in [1.807, 2.05) is 0 Å². The van der Waals surface area contributed by atoms with Crippen LogP contribution in [-0.2, 0) is 12.7 Å². The van der Waals surface area contributed by atoms with Crippen LogP contribution in [0.5, 0.6) is 5.75 Å². The van der Waals surface area contributed by atoms with E-state index in [-0.39, 0.29) is 23.2 Å². The van der Waals surface area contributed by atoms with Crippen molar-refractivity contribution in [1.82, 2.24) is 15.1 Å². The number of hydrogen-bond donors (Lipinski definition) is 2. The topological polar surface area (TPSA) is 68.2 Å². The summed E-state index contributed by atoms with van der Waals surface area (Å²) in [5, 5.41) is 9.16. The number of methoxy groups -OCH3 is 1. The number of para-hydroxylation sites is 1. The maximum atomic E-state index is 15.8. The van der Waals surface area contributed by atoms with Gasteiger partial charge in [0.25, 0.3) is 0 Å². The minimum absolute atomic E-state index is 0.0560. The highest BCUT2D eigenvalue weighted by atomic mass is 19.4. The Labute approximate surface area is 235 Å². The van der Waals surface area contributed by atoms with Gasteiger partial charge in [-0.1, -0.05) is 54.6 Å². The van der Waals surface area contributed by atoms with Crippen LogP contribution in [0.1, 0.15) is 23.0 Å². The Kier molecular flexibility index (Phi) is 7.79. The molecule has 0 bridgehead atoms. The summed E-state index contributed by atoms with van der Waals surface area (Å²) in [6.07, 6.45) is -7.26. The smallest absolute Gasteiger partial charge is 0.418 e. The van der Waals surface area contributed by atoms with E-state index >= 15 is 4.39 Å². The van der Waals surface area contributed by atoms with Crippen molar-refractivity contribution in [3.8, 4) is 17.0 Å². The largest absolute Gasteiger partial charge is 0.496 e. The SMILES string of the molecule is COc1ccccc1CNC(=O)Nc1ccc(-c2c3cccc(C(F)(F)F)c3nn2C(F)c2cccc(F)c2F)cc1. The molecule has 216 valence electrons. The number of fused-ring (bicyclic) bond motifs is 1. The Morgan fingerprint density at radius 1 is 0.952 bits per heavy atom. The molecule has 0 aliphatic carbocycles. The van der Waals surface area contributed by atoms with Crippen LogP contribution in [0.4, 0.5) is 36.8 Å². The first-order valence-corrected chi connectivity index (χ1v) is 12.5. The molecule has 1 heterocycles. The van der Waals surface area contributed by atoms with Gasteiger partial charge in [0.2, 0.25) is 6.30 Å². The molecular formula is C30H22F6N4O2. The number of aromatic nitrogens is 2. The van der Waals surface area contributed by atoms with Crippen molar-refractivity contribution in [1.29, 1.82) is 0 Å². The van der Waals surface area contributed by atoms with Crippen LogP contribution in [0.25, 0.3) is 22.2 Å². The fraction of sp³-hybridized carbons (Fsp3) is 0.133. The van der Waals surface area contributed by atoms with Crippen LogP contribution in [0.2, 0.25) is 0 Å². The van der Waals surface area contributed by atoms with Crippen LogP contribution in [0.3, 0.4) is 0 Å². The molecule has 5 rings (SSSR count). The zero-order valence-electron chi connectivity index (χ0n) is 21.8. The first kappa shape index (κ1) is 28.5. The van der Waals surface area contributed by atoms with Gasteiger partial charge in [0.15, 0.2) is 11.6 Å². The Hall–Kier alpha value is -5.00. The molecule has 0 aliphatic rings. The molecular weight excluding hydrogens is 562 g/mol. The number of nitrogens with one attached hydrogen (secondary N) is 2. The zero-order valence-corrected chi connectivity index (χ0v) is 21.8. The summed E-state index contributed by atoms with van der Waals surface area (Å²) in [6.45, 7) is 0.176. The van der Waals surface area contributed by atoms with Crippen LogP contribution >= 0.6 is 0 Å². The zero-order chi connectivity index (χ0) is 30.0. The summed E-state index contributed by atoms with van der Waals surface area (Å²) in [5.74, 6) is -2.20. The predicted molar refractivity (Wildman–Crippen MR) is 145 cm³/mol. The van der Waals surface area contributed by atoms with Gasteiger partial charge in [-0.2, -0.15) is 18.3 Å². The molecule has 12 heteroatoms. The lowest BCUT2D eigenvalue weighted by Gasteiger charge is -2.15.